The van der Waals surface area contributed by atoms with Crippen LogP contribution in [0.25, 0.3) is 0 Å². The number of thiophene rings is 1. The van der Waals surface area contributed by atoms with E-state index in [-0.39, 0.29) is 0 Å². The van der Waals surface area contributed by atoms with Crippen molar-refractivity contribution in [2.24, 2.45) is 0 Å². The van der Waals surface area contributed by atoms with Gasteiger partial charge in [-0.1, -0.05) is 27.5 Å². The predicted octanol–water partition coefficient (Wildman–Crippen LogP) is 3.44. The molecule has 1 fully saturated rings. The lowest BCUT2D eigenvalue weighted by Gasteiger charge is -2.34. The summed E-state index contributed by atoms with van der Waals surface area (Å²) in [6, 6.07) is 7.12. The monoisotopic (exact) mass is 492 g/mol. The maximum Gasteiger partial charge on any atom is 0.252 e. The van der Waals surface area contributed by atoms with E-state index in [1.165, 1.54) is 4.31 Å². The van der Waals surface area contributed by atoms with Crippen LogP contribution in [0, 0.1) is 0 Å². The highest BCUT2D eigenvalue weighted by Crippen LogP contribution is 2.36. The van der Waals surface area contributed by atoms with Gasteiger partial charge in [0.1, 0.15) is 17.4 Å². The Kier molecular flexibility index (Phi) is 5.69. The van der Waals surface area contributed by atoms with Gasteiger partial charge in [-0.25, -0.2) is 8.42 Å². The lowest BCUT2D eigenvalue weighted by atomic mass is 10.1. The number of ether oxygens (including phenoxy) is 2. The van der Waals surface area contributed by atoms with Gasteiger partial charge >= 0.3 is 0 Å². The van der Waals surface area contributed by atoms with Gasteiger partial charge < -0.3 is 9.47 Å². The molecule has 0 bridgehead atoms. The number of benzene rings is 1. The molecule has 1 saturated heterocycles. The second-order valence-corrected chi connectivity index (χ2v) is 11.1. The number of fused-ring (bicyclic) bond motifs is 1. The second-order valence-electron chi connectivity index (χ2n) is 6.33. The number of nitrogens with zero attached hydrogens (tertiary/aromatic N) is 2. The quantitative estimate of drug-likeness (QED) is 0.653. The van der Waals surface area contributed by atoms with Crippen molar-refractivity contribution in [2.45, 2.75) is 10.8 Å². The summed E-state index contributed by atoms with van der Waals surface area (Å²) in [5.74, 6) is 1.51. The summed E-state index contributed by atoms with van der Waals surface area (Å²) >= 11 is 10.6. The molecule has 1 aromatic heterocycles. The van der Waals surface area contributed by atoms with Gasteiger partial charge in [0, 0.05) is 37.2 Å². The van der Waals surface area contributed by atoms with Crippen molar-refractivity contribution in [3.8, 4) is 11.5 Å². The first kappa shape index (κ1) is 19.5. The van der Waals surface area contributed by atoms with Gasteiger partial charge in [0.15, 0.2) is 11.5 Å². The molecule has 1 aromatic carbocycles. The van der Waals surface area contributed by atoms with Gasteiger partial charge in [-0.3, -0.25) is 4.90 Å². The number of hydrogen-bond donors (Lipinski definition) is 0. The molecule has 0 N–H and O–H groups in total. The van der Waals surface area contributed by atoms with Crippen LogP contribution in [-0.4, -0.2) is 57.0 Å². The minimum Gasteiger partial charge on any atom is -0.486 e. The fourth-order valence-corrected chi connectivity index (χ4v) is 6.67. The van der Waals surface area contributed by atoms with Crippen LogP contribution in [0.2, 0.25) is 4.34 Å². The van der Waals surface area contributed by atoms with Crippen LogP contribution in [0.1, 0.15) is 5.56 Å². The maximum absolute atomic E-state index is 12.7. The van der Waals surface area contributed by atoms with Gasteiger partial charge in [0.05, 0.1) is 4.34 Å². The Morgan fingerprint density at radius 2 is 1.74 bits per heavy atom. The summed E-state index contributed by atoms with van der Waals surface area (Å²) in [7, 11) is -3.46. The summed E-state index contributed by atoms with van der Waals surface area (Å²) < 4.78 is 39.9. The molecule has 0 amide bonds. The van der Waals surface area contributed by atoms with E-state index in [2.05, 4.69) is 20.8 Å². The molecule has 2 aliphatic rings. The largest absolute Gasteiger partial charge is 0.486 e. The standard InChI is InChI=1S/C17H18BrClN2O4S2/c18-13-10-15-14(24-7-8-25-15)9-12(13)11-20-3-5-21(6-4-20)27(22,23)17-2-1-16(19)26-17/h1-2,9-10H,3-8,11H2. The molecule has 0 atom stereocenters. The SMILES string of the molecule is O=S(=O)(c1ccc(Cl)s1)N1CCN(Cc2cc3c(cc2Br)OCCO3)CC1. The highest BCUT2D eigenvalue weighted by molar-refractivity contribution is 9.10. The molecule has 3 heterocycles. The summed E-state index contributed by atoms with van der Waals surface area (Å²) in [5.41, 5.74) is 1.10. The third-order valence-corrected chi connectivity index (χ3v) is 8.91. The molecule has 2 aromatic rings. The van der Waals surface area contributed by atoms with Gasteiger partial charge in [0.2, 0.25) is 0 Å². The Morgan fingerprint density at radius 3 is 2.37 bits per heavy atom. The first-order chi connectivity index (χ1) is 12.9. The zero-order valence-electron chi connectivity index (χ0n) is 14.4. The summed E-state index contributed by atoms with van der Waals surface area (Å²) in [6.07, 6.45) is 0. The van der Waals surface area contributed by atoms with E-state index in [0.29, 0.717) is 47.9 Å². The van der Waals surface area contributed by atoms with Gasteiger partial charge in [-0.05, 0) is 29.8 Å². The summed E-state index contributed by atoms with van der Waals surface area (Å²) in [6.45, 7) is 4.08. The van der Waals surface area contributed by atoms with Crippen molar-refractivity contribution in [3.05, 3.63) is 38.6 Å². The molecular formula is C17H18BrClN2O4S2. The van der Waals surface area contributed by atoms with Crippen LogP contribution in [0.4, 0.5) is 0 Å². The second kappa shape index (κ2) is 7.88. The Balaban J connectivity index is 1.41. The van der Waals surface area contributed by atoms with E-state index in [0.717, 1.165) is 39.4 Å². The molecule has 4 rings (SSSR count). The topological polar surface area (TPSA) is 59.1 Å². The average molecular weight is 494 g/mol. The van der Waals surface area contributed by atoms with Crippen LogP contribution in [0.3, 0.4) is 0 Å². The van der Waals surface area contributed by atoms with E-state index in [4.69, 9.17) is 21.1 Å². The fraction of sp³-hybridized carbons (Fsp3) is 0.412. The molecule has 27 heavy (non-hydrogen) atoms. The molecule has 2 aliphatic heterocycles. The van der Waals surface area contributed by atoms with Crippen LogP contribution >= 0.6 is 38.9 Å². The smallest absolute Gasteiger partial charge is 0.252 e. The molecule has 0 spiro atoms. The van der Waals surface area contributed by atoms with Crippen molar-refractivity contribution in [3.63, 3.8) is 0 Å². The number of halogens is 2. The van der Waals surface area contributed by atoms with Gasteiger partial charge in [0.25, 0.3) is 10.0 Å². The number of hydrogen-bond acceptors (Lipinski definition) is 6. The highest BCUT2D eigenvalue weighted by Gasteiger charge is 2.30. The fourth-order valence-electron chi connectivity index (χ4n) is 3.16. The number of piperazine rings is 1. The molecule has 6 nitrogen and oxygen atoms in total. The Labute approximate surface area is 175 Å². The van der Waals surface area contributed by atoms with Crippen LogP contribution in [-0.2, 0) is 16.6 Å². The van der Waals surface area contributed by atoms with Gasteiger partial charge in [-0.2, -0.15) is 4.31 Å². The van der Waals surface area contributed by atoms with Crippen molar-refractivity contribution in [1.29, 1.82) is 0 Å². The van der Waals surface area contributed by atoms with Crippen molar-refractivity contribution in [2.75, 3.05) is 39.4 Å². The molecule has 0 unspecified atom stereocenters. The molecule has 10 heteroatoms. The van der Waals surface area contributed by atoms with E-state index < -0.39 is 10.0 Å². The lowest BCUT2D eigenvalue weighted by molar-refractivity contribution is 0.168. The molecule has 146 valence electrons. The summed E-state index contributed by atoms with van der Waals surface area (Å²) in [4.78, 5) is 2.24. The lowest BCUT2D eigenvalue weighted by Crippen LogP contribution is -2.48. The number of rotatable bonds is 4. The van der Waals surface area contributed by atoms with E-state index in [9.17, 15) is 8.42 Å². The van der Waals surface area contributed by atoms with Crippen LogP contribution in [0.5, 0.6) is 11.5 Å². The summed E-state index contributed by atoms with van der Waals surface area (Å²) in [5, 5.41) is 0. The highest BCUT2D eigenvalue weighted by atomic mass is 79.9. The maximum atomic E-state index is 12.7. The zero-order valence-corrected chi connectivity index (χ0v) is 18.3. The molecule has 0 saturated carbocycles. The van der Waals surface area contributed by atoms with Crippen molar-refractivity contribution >= 4 is 48.9 Å². The van der Waals surface area contributed by atoms with Crippen LogP contribution in [0.15, 0.2) is 32.9 Å². The number of sulfonamides is 1. The van der Waals surface area contributed by atoms with Gasteiger partial charge in [-0.15, -0.1) is 11.3 Å². The van der Waals surface area contributed by atoms with E-state index in [1.807, 2.05) is 12.1 Å². The first-order valence-electron chi connectivity index (χ1n) is 8.49. The van der Waals surface area contributed by atoms with Crippen molar-refractivity contribution in [1.82, 2.24) is 9.21 Å². The molecular weight excluding hydrogens is 476 g/mol. The third-order valence-electron chi connectivity index (χ3n) is 4.58. The molecule has 0 radical (unpaired) electrons. The van der Waals surface area contributed by atoms with Crippen LogP contribution < -0.4 is 9.47 Å². The Hall–Kier alpha value is -0.840. The normalized spacial score (nSPS) is 18.6. The Bertz CT molecular complexity index is 942. The van der Waals surface area contributed by atoms with E-state index >= 15 is 0 Å². The minimum atomic E-state index is -3.46. The van der Waals surface area contributed by atoms with Crippen molar-refractivity contribution < 1.29 is 17.9 Å². The first-order valence-corrected chi connectivity index (χ1v) is 11.9. The van der Waals surface area contributed by atoms with E-state index in [1.54, 1.807) is 12.1 Å². The third kappa shape index (κ3) is 4.13. The zero-order chi connectivity index (χ0) is 19.0. The molecule has 0 aliphatic carbocycles. The minimum absolute atomic E-state index is 0.301. The predicted molar refractivity (Wildman–Crippen MR) is 108 cm³/mol. The Morgan fingerprint density at radius 1 is 1.07 bits per heavy atom. The average Bonchev–Trinajstić information content (AvgIpc) is 3.10.